The maximum absolute atomic E-state index is 11.0. The van der Waals surface area contributed by atoms with E-state index in [0.717, 1.165) is 6.42 Å². The molecule has 0 aliphatic carbocycles. The number of nitrogens with two attached hydrogens (primary N) is 1. The van der Waals surface area contributed by atoms with Crippen LogP contribution in [-0.2, 0) is 0 Å². The lowest BCUT2D eigenvalue weighted by atomic mass is 10.1. The van der Waals surface area contributed by atoms with Gasteiger partial charge in [-0.15, -0.1) is 0 Å². The van der Waals surface area contributed by atoms with Gasteiger partial charge in [-0.2, -0.15) is 0 Å². The molecule has 1 saturated heterocycles. The van der Waals surface area contributed by atoms with Gasteiger partial charge in [-0.05, 0) is 31.0 Å². The van der Waals surface area contributed by atoms with Gasteiger partial charge in [0.25, 0.3) is 5.69 Å². The molecule has 1 aliphatic rings. The molecule has 0 bridgehead atoms. The van der Waals surface area contributed by atoms with Crippen LogP contribution in [0.15, 0.2) is 18.2 Å². The van der Waals surface area contributed by atoms with Crippen LogP contribution in [-0.4, -0.2) is 35.6 Å². The van der Waals surface area contributed by atoms with E-state index in [1.807, 2.05) is 4.90 Å². The number of carbonyl (C=O) groups is 1. The molecular weight excluding hydrogens is 250 g/mol. The summed E-state index contributed by atoms with van der Waals surface area (Å²) in [4.78, 5) is 23.3. The van der Waals surface area contributed by atoms with Gasteiger partial charge in [0.15, 0.2) is 0 Å². The predicted octanol–water partition coefficient (Wildman–Crippen LogP) is 1.08. The first-order chi connectivity index (χ1) is 9.02. The van der Waals surface area contributed by atoms with Gasteiger partial charge in [-0.1, -0.05) is 0 Å². The van der Waals surface area contributed by atoms with Crippen LogP contribution in [0.1, 0.15) is 16.8 Å². The van der Waals surface area contributed by atoms with E-state index in [-0.39, 0.29) is 11.3 Å². The van der Waals surface area contributed by atoms with Gasteiger partial charge in [0, 0.05) is 19.2 Å². The van der Waals surface area contributed by atoms with E-state index in [1.165, 1.54) is 18.2 Å². The highest BCUT2D eigenvalue weighted by molar-refractivity contribution is 5.90. The zero-order valence-corrected chi connectivity index (χ0v) is 10.3. The number of hydrogen-bond donors (Lipinski definition) is 2. The second-order valence-corrected chi connectivity index (χ2v) is 4.60. The van der Waals surface area contributed by atoms with Crippen molar-refractivity contribution in [1.29, 1.82) is 0 Å². The van der Waals surface area contributed by atoms with E-state index in [1.54, 1.807) is 0 Å². The molecule has 7 heteroatoms. The molecule has 1 atom stereocenters. The number of nitro benzene ring substituents is 1. The van der Waals surface area contributed by atoms with Crippen molar-refractivity contribution in [3.63, 3.8) is 0 Å². The number of nitrogens with zero attached hydrogens (tertiary/aromatic N) is 2. The number of anilines is 1. The lowest BCUT2D eigenvalue weighted by molar-refractivity contribution is -0.384. The van der Waals surface area contributed by atoms with E-state index in [0.29, 0.717) is 31.2 Å². The Labute approximate surface area is 109 Å². The van der Waals surface area contributed by atoms with Crippen molar-refractivity contribution in [3.05, 3.63) is 33.9 Å². The van der Waals surface area contributed by atoms with Gasteiger partial charge in [0.05, 0.1) is 10.5 Å². The lowest BCUT2D eigenvalue weighted by Crippen LogP contribution is -2.23. The Morgan fingerprint density at radius 1 is 1.58 bits per heavy atom. The highest BCUT2D eigenvalue weighted by Gasteiger charge is 2.27. The summed E-state index contributed by atoms with van der Waals surface area (Å²) in [5.74, 6) is -0.793. The number of hydrogen-bond acceptors (Lipinski definition) is 5. The molecule has 1 aliphatic heterocycles. The smallest absolute Gasteiger partial charge is 0.335 e. The monoisotopic (exact) mass is 265 g/mol. The largest absolute Gasteiger partial charge is 0.478 e. The van der Waals surface area contributed by atoms with E-state index in [4.69, 9.17) is 10.8 Å². The second kappa shape index (κ2) is 5.23. The van der Waals surface area contributed by atoms with Crippen LogP contribution >= 0.6 is 0 Å². The first kappa shape index (κ1) is 13.3. The number of rotatable bonds is 4. The molecule has 0 aromatic heterocycles. The van der Waals surface area contributed by atoms with Crippen molar-refractivity contribution in [2.75, 3.05) is 24.5 Å². The zero-order valence-electron chi connectivity index (χ0n) is 10.3. The zero-order chi connectivity index (χ0) is 14.0. The van der Waals surface area contributed by atoms with Crippen molar-refractivity contribution in [2.24, 2.45) is 11.7 Å². The fourth-order valence-electron chi connectivity index (χ4n) is 2.31. The minimum absolute atomic E-state index is 0.0526. The number of carboxylic acid groups (broad SMARTS) is 1. The number of carboxylic acids is 1. The van der Waals surface area contributed by atoms with E-state index >= 15 is 0 Å². The molecule has 7 nitrogen and oxygen atoms in total. The van der Waals surface area contributed by atoms with Gasteiger partial charge in [-0.3, -0.25) is 10.1 Å². The first-order valence-electron chi connectivity index (χ1n) is 5.99. The molecule has 1 fully saturated rings. The van der Waals surface area contributed by atoms with E-state index in [9.17, 15) is 14.9 Å². The van der Waals surface area contributed by atoms with Crippen LogP contribution in [0.3, 0.4) is 0 Å². The second-order valence-electron chi connectivity index (χ2n) is 4.60. The molecule has 1 heterocycles. The van der Waals surface area contributed by atoms with Gasteiger partial charge < -0.3 is 15.7 Å². The summed E-state index contributed by atoms with van der Waals surface area (Å²) >= 11 is 0. The Bertz CT molecular complexity index is 518. The predicted molar refractivity (Wildman–Crippen MR) is 69.4 cm³/mol. The average molecular weight is 265 g/mol. The van der Waals surface area contributed by atoms with E-state index in [2.05, 4.69) is 0 Å². The highest BCUT2D eigenvalue weighted by Crippen LogP contribution is 2.32. The SMILES string of the molecule is NCC1CCN(c2cc(C(=O)O)ccc2[N+](=O)[O-])C1. The van der Waals surface area contributed by atoms with Crippen molar-refractivity contribution < 1.29 is 14.8 Å². The van der Waals surface area contributed by atoms with Crippen LogP contribution in [0.5, 0.6) is 0 Å². The third-order valence-corrected chi connectivity index (χ3v) is 3.38. The third kappa shape index (κ3) is 2.65. The van der Waals surface area contributed by atoms with Crippen molar-refractivity contribution in [3.8, 4) is 0 Å². The van der Waals surface area contributed by atoms with Crippen LogP contribution in [0.25, 0.3) is 0 Å². The van der Waals surface area contributed by atoms with Crippen molar-refractivity contribution in [2.45, 2.75) is 6.42 Å². The summed E-state index contributed by atoms with van der Waals surface area (Å²) in [5.41, 5.74) is 5.94. The standard InChI is InChI=1S/C12H15N3O4/c13-6-8-3-4-14(7-8)11-5-9(12(16)17)1-2-10(11)15(18)19/h1-2,5,8H,3-4,6-7,13H2,(H,16,17). The molecule has 1 unspecified atom stereocenters. The summed E-state index contributed by atoms with van der Waals surface area (Å²) in [6.45, 7) is 1.81. The summed E-state index contributed by atoms with van der Waals surface area (Å²) in [7, 11) is 0. The van der Waals surface area contributed by atoms with Crippen LogP contribution in [0, 0.1) is 16.0 Å². The average Bonchev–Trinajstić information content (AvgIpc) is 2.86. The maximum atomic E-state index is 11.0. The Morgan fingerprint density at radius 3 is 2.84 bits per heavy atom. The molecule has 2 rings (SSSR count). The topological polar surface area (TPSA) is 110 Å². The number of aromatic carboxylic acids is 1. The Hall–Kier alpha value is -2.15. The molecule has 3 N–H and O–H groups in total. The van der Waals surface area contributed by atoms with Gasteiger partial charge in [0.1, 0.15) is 5.69 Å². The van der Waals surface area contributed by atoms with Crippen LogP contribution in [0.4, 0.5) is 11.4 Å². The van der Waals surface area contributed by atoms with Gasteiger partial charge in [-0.25, -0.2) is 4.79 Å². The first-order valence-corrected chi connectivity index (χ1v) is 5.99. The summed E-state index contributed by atoms with van der Waals surface area (Å²) < 4.78 is 0. The molecular formula is C12H15N3O4. The molecule has 0 amide bonds. The minimum Gasteiger partial charge on any atom is -0.478 e. The van der Waals surface area contributed by atoms with Crippen molar-refractivity contribution >= 4 is 17.3 Å². The van der Waals surface area contributed by atoms with Gasteiger partial charge in [0.2, 0.25) is 0 Å². The fourth-order valence-corrected chi connectivity index (χ4v) is 2.31. The molecule has 1 aromatic carbocycles. The highest BCUT2D eigenvalue weighted by atomic mass is 16.6. The lowest BCUT2D eigenvalue weighted by Gasteiger charge is -2.18. The van der Waals surface area contributed by atoms with Crippen LogP contribution < -0.4 is 10.6 Å². The summed E-state index contributed by atoms with van der Waals surface area (Å²) in [5, 5.41) is 20.0. The minimum atomic E-state index is -1.09. The fraction of sp³-hybridized carbons (Fsp3) is 0.417. The molecule has 0 saturated carbocycles. The normalized spacial score (nSPS) is 18.6. The number of benzene rings is 1. The maximum Gasteiger partial charge on any atom is 0.335 e. The molecule has 102 valence electrons. The molecule has 1 aromatic rings. The summed E-state index contributed by atoms with van der Waals surface area (Å²) in [6.07, 6.45) is 0.866. The van der Waals surface area contributed by atoms with Gasteiger partial charge >= 0.3 is 5.97 Å². The quantitative estimate of drug-likeness (QED) is 0.622. The molecule has 0 spiro atoms. The molecule has 0 radical (unpaired) electrons. The Kier molecular flexibility index (Phi) is 3.66. The third-order valence-electron chi connectivity index (χ3n) is 3.38. The molecule has 19 heavy (non-hydrogen) atoms. The Balaban J connectivity index is 2.38. The van der Waals surface area contributed by atoms with Crippen LogP contribution in [0.2, 0.25) is 0 Å². The summed E-state index contributed by atoms with van der Waals surface area (Å²) in [6, 6.07) is 3.86. The van der Waals surface area contributed by atoms with E-state index < -0.39 is 10.9 Å². The Morgan fingerprint density at radius 2 is 2.32 bits per heavy atom. The van der Waals surface area contributed by atoms with Crippen molar-refractivity contribution in [1.82, 2.24) is 0 Å². The number of nitro groups is 1.